The van der Waals surface area contributed by atoms with Crippen LogP contribution in [0.3, 0.4) is 0 Å². The molecule has 1 aliphatic carbocycles. The van der Waals surface area contributed by atoms with Crippen LogP contribution >= 0.6 is 0 Å². The predicted octanol–water partition coefficient (Wildman–Crippen LogP) is 4.12. The second kappa shape index (κ2) is 6.46. The van der Waals surface area contributed by atoms with E-state index in [1.54, 1.807) is 0 Å². The van der Waals surface area contributed by atoms with Crippen molar-refractivity contribution in [3.05, 3.63) is 76.8 Å². The van der Waals surface area contributed by atoms with Crippen molar-refractivity contribution < 1.29 is 23.8 Å². The van der Waals surface area contributed by atoms with E-state index in [0.717, 1.165) is 16.7 Å². The summed E-state index contributed by atoms with van der Waals surface area (Å²) in [6.45, 7) is 7.69. The molecule has 5 rings (SSSR count). The van der Waals surface area contributed by atoms with Gasteiger partial charge in [0, 0.05) is 6.08 Å². The van der Waals surface area contributed by atoms with Crippen molar-refractivity contribution in [2.45, 2.75) is 45.5 Å². The molecular formula is C25H24O5. The quantitative estimate of drug-likeness (QED) is 0.659. The minimum absolute atomic E-state index is 0.0364. The minimum atomic E-state index is -0.767. The highest BCUT2D eigenvalue weighted by molar-refractivity contribution is 6.04. The first-order valence-electron chi connectivity index (χ1n) is 10.3. The number of hydrogen-bond acceptors (Lipinski definition) is 5. The topological polar surface area (TPSA) is 61.8 Å². The number of allylic oxidation sites excluding steroid dienone is 1. The third-order valence-electron chi connectivity index (χ3n) is 6.29. The van der Waals surface area contributed by atoms with Crippen LogP contribution in [0.15, 0.2) is 71.2 Å². The molecule has 1 aromatic rings. The van der Waals surface area contributed by atoms with Crippen molar-refractivity contribution in [2.24, 2.45) is 11.8 Å². The molecule has 3 heterocycles. The van der Waals surface area contributed by atoms with Gasteiger partial charge < -0.3 is 14.2 Å². The second-order valence-electron chi connectivity index (χ2n) is 8.84. The van der Waals surface area contributed by atoms with Crippen molar-refractivity contribution in [1.82, 2.24) is 0 Å². The number of ketones is 1. The van der Waals surface area contributed by atoms with Gasteiger partial charge in [-0.05, 0) is 44.1 Å². The highest BCUT2D eigenvalue weighted by atomic mass is 16.6. The molecule has 5 heteroatoms. The van der Waals surface area contributed by atoms with Gasteiger partial charge in [-0.2, -0.15) is 0 Å². The van der Waals surface area contributed by atoms with Gasteiger partial charge in [-0.15, -0.1) is 0 Å². The van der Waals surface area contributed by atoms with Crippen molar-refractivity contribution in [1.29, 1.82) is 0 Å². The maximum absolute atomic E-state index is 13.3. The fourth-order valence-electron chi connectivity index (χ4n) is 4.56. The van der Waals surface area contributed by atoms with Gasteiger partial charge in [-0.1, -0.05) is 37.3 Å². The Kier molecular flexibility index (Phi) is 4.07. The summed E-state index contributed by atoms with van der Waals surface area (Å²) in [6.07, 6.45) is 4.42. The Labute approximate surface area is 175 Å². The van der Waals surface area contributed by atoms with E-state index in [0.29, 0.717) is 17.1 Å². The lowest BCUT2D eigenvalue weighted by Gasteiger charge is -2.45. The predicted molar refractivity (Wildman–Crippen MR) is 111 cm³/mol. The van der Waals surface area contributed by atoms with Gasteiger partial charge >= 0.3 is 5.97 Å². The first-order chi connectivity index (χ1) is 14.3. The molecule has 0 amide bonds. The monoisotopic (exact) mass is 404 g/mol. The molecule has 0 saturated heterocycles. The summed E-state index contributed by atoms with van der Waals surface area (Å²) in [6, 6.07) is 9.70. The molecule has 4 unspecified atom stereocenters. The fourth-order valence-corrected chi connectivity index (χ4v) is 4.56. The van der Waals surface area contributed by atoms with Gasteiger partial charge in [0.05, 0.1) is 23.0 Å². The van der Waals surface area contributed by atoms with Crippen LogP contribution in [-0.4, -0.2) is 29.6 Å². The molecule has 1 aromatic carbocycles. The van der Waals surface area contributed by atoms with Gasteiger partial charge in [-0.25, -0.2) is 4.79 Å². The lowest BCUT2D eigenvalue weighted by Crippen LogP contribution is -2.47. The number of carbonyl (C=O) groups excluding carboxylic acids is 2. The molecule has 0 fully saturated rings. The Balaban J connectivity index is 1.75. The van der Waals surface area contributed by atoms with Crippen molar-refractivity contribution >= 4 is 17.3 Å². The van der Waals surface area contributed by atoms with Crippen molar-refractivity contribution in [3.63, 3.8) is 0 Å². The molecule has 0 bridgehead atoms. The Morgan fingerprint density at radius 3 is 2.47 bits per heavy atom. The second-order valence-corrected chi connectivity index (χ2v) is 8.84. The van der Waals surface area contributed by atoms with Crippen LogP contribution < -0.4 is 0 Å². The van der Waals surface area contributed by atoms with E-state index in [2.05, 4.69) is 0 Å². The maximum Gasteiger partial charge on any atom is 0.331 e. The first kappa shape index (κ1) is 18.9. The van der Waals surface area contributed by atoms with Crippen LogP contribution in [0.1, 0.15) is 33.3 Å². The molecule has 3 aliphatic heterocycles. The summed E-state index contributed by atoms with van der Waals surface area (Å²) in [5.41, 5.74) is 2.37. The van der Waals surface area contributed by atoms with Gasteiger partial charge in [0.15, 0.2) is 5.78 Å². The highest BCUT2D eigenvalue weighted by Gasteiger charge is 2.52. The summed E-state index contributed by atoms with van der Waals surface area (Å²) < 4.78 is 18.4. The van der Waals surface area contributed by atoms with E-state index in [1.165, 1.54) is 6.08 Å². The molecule has 30 heavy (non-hydrogen) atoms. The Morgan fingerprint density at radius 2 is 1.73 bits per heavy atom. The van der Waals surface area contributed by atoms with Crippen molar-refractivity contribution in [3.8, 4) is 0 Å². The van der Waals surface area contributed by atoms with E-state index in [4.69, 9.17) is 14.2 Å². The van der Waals surface area contributed by atoms with E-state index < -0.39 is 23.6 Å². The third-order valence-corrected chi connectivity index (χ3v) is 6.29. The number of fused-ring (bicyclic) bond motifs is 4. The van der Waals surface area contributed by atoms with E-state index in [-0.39, 0.29) is 17.8 Å². The summed E-state index contributed by atoms with van der Waals surface area (Å²) in [5.74, 6) is -0.0575. The molecule has 5 nitrogen and oxygen atoms in total. The largest absolute Gasteiger partial charge is 0.489 e. The third kappa shape index (κ3) is 2.76. The minimum Gasteiger partial charge on any atom is -0.489 e. The molecule has 154 valence electrons. The molecule has 0 aromatic heterocycles. The Bertz CT molecular complexity index is 1070. The highest BCUT2D eigenvalue weighted by Crippen LogP contribution is 2.51. The standard InChI is InChI=1S/C25H24O5/c1-13-14(2)28-22-16-10-11-25(3,4)30-23(16)19-17(15-8-6-5-7-9-15)12-18(26)29-24(19)20(22)21(13)27/h5-14,19,24H,1-4H3. The number of benzene rings is 1. The zero-order valence-corrected chi connectivity index (χ0v) is 17.5. The molecule has 0 radical (unpaired) electrons. The van der Waals surface area contributed by atoms with Crippen LogP contribution in [-0.2, 0) is 23.8 Å². The number of esters is 1. The Hall–Kier alpha value is -3.08. The lowest BCUT2D eigenvalue weighted by molar-refractivity contribution is -0.146. The summed E-state index contributed by atoms with van der Waals surface area (Å²) in [7, 11) is 0. The van der Waals surface area contributed by atoms with E-state index >= 15 is 0 Å². The molecular weight excluding hydrogens is 380 g/mol. The zero-order chi connectivity index (χ0) is 21.2. The molecule has 4 aliphatic rings. The molecule has 0 saturated carbocycles. The van der Waals surface area contributed by atoms with Crippen LogP contribution in [0, 0.1) is 11.8 Å². The Morgan fingerprint density at radius 1 is 1.00 bits per heavy atom. The summed E-state index contributed by atoms with van der Waals surface area (Å²) in [4.78, 5) is 25.9. The number of hydrogen-bond donors (Lipinski definition) is 0. The van der Waals surface area contributed by atoms with Gasteiger partial charge in [0.1, 0.15) is 29.3 Å². The fraction of sp³-hybridized carbons (Fsp3) is 0.360. The summed E-state index contributed by atoms with van der Waals surface area (Å²) >= 11 is 0. The van der Waals surface area contributed by atoms with Gasteiger partial charge in [0.25, 0.3) is 0 Å². The van der Waals surface area contributed by atoms with E-state index in [9.17, 15) is 9.59 Å². The average Bonchev–Trinajstić information content (AvgIpc) is 2.71. The van der Waals surface area contributed by atoms with E-state index in [1.807, 2.05) is 70.2 Å². The van der Waals surface area contributed by atoms with Crippen LogP contribution in [0.4, 0.5) is 0 Å². The zero-order valence-electron chi connectivity index (χ0n) is 17.5. The first-order valence-corrected chi connectivity index (χ1v) is 10.3. The SMILES string of the molecule is CC1OC2=C(C(=O)C1C)C1OC(=O)C=C(c3ccccc3)C1C1=C2C=CC(C)(C)O1. The smallest absolute Gasteiger partial charge is 0.331 e. The van der Waals surface area contributed by atoms with Crippen LogP contribution in [0.5, 0.6) is 0 Å². The maximum atomic E-state index is 13.3. The average molecular weight is 404 g/mol. The van der Waals surface area contributed by atoms with Crippen LogP contribution in [0.2, 0.25) is 0 Å². The van der Waals surface area contributed by atoms with Gasteiger partial charge in [0.2, 0.25) is 0 Å². The molecule has 4 atom stereocenters. The van der Waals surface area contributed by atoms with Crippen molar-refractivity contribution in [2.75, 3.05) is 0 Å². The number of Topliss-reactive ketones (excluding diaryl/α,β-unsaturated/α-hetero) is 1. The molecule has 0 spiro atoms. The number of rotatable bonds is 1. The lowest BCUT2D eigenvalue weighted by atomic mass is 9.72. The number of carbonyl (C=O) groups is 2. The molecule has 0 N–H and O–H groups in total. The summed E-state index contributed by atoms with van der Waals surface area (Å²) in [5, 5.41) is 0. The normalized spacial score (nSPS) is 31.7. The number of ether oxygens (including phenoxy) is 3. The van der Waals surface area contributed by atoms with Crippen LogP contribution in [0.25, 0.3) is 5.57 Å². The van der Waals surface area contributed by atoms with Gasteiger partial charge in [-0.3, -0.25) is 4.79 Å².